The molecule has 27 heavy (non-hydrogen) atoms. The van der Waals surface area contributed by atoms with Crippen LogP contribution < -0.4 is 15.5 Å². The summed E-state index contributed by atoms with van der Waals surface area (Å²) >= 11 is 6.35. The van der Waals surface area contributed by atoms with Crippen LogP contribution in [0, 0.1) is 0 Å². The van der Waals surface area contributed by atoms with Crippen LogP contribution in [0.1, 0.15) is 42.6 Å². The molecule has 5 nitrogen and oxygen atoms in total. The zero-order valence-electron chi connectivity index (χ0n) is 16.8. The first-order chi connectivity index (χ1) is 13.2. The number of piperazine rings is 1. The van der Waals surface area contributed by atoms with Crippen molar-refractivity contribution in [1.29, 1.82) is 0 Å². The van der Waals surface area contributed by atoms with Crippen LogP contribution in [-0.4, -0.2) is 63.5 Å². The van der Waals surface area contributed by atoms with E-state index in [2.05, 4.69) is 26.5 Å². The monoisotopic (exact) mass is 392 g/mol. The van der Waals surface area contributed by atoms with Crippen molar-refractivity contribution in [3.05, 3.63) is 34.5 Å². The van der Waals surface area contributed by atoms with E-state index in [1.807, 2.05) is 39.2 Å². The van der Waals surface area contributed by atoms with Crippen LogP contribution in [0.4, 0.5) is 5.69 Å². The Morgan fingerprint density at radius 2 is 1.81 bits per heavy atom. The van der Waals surface area contributed by atoms with Gasteiger partial charge in [0.25, 0.3) is 0 Å². The number of carbonyl (C=O) groups excluding carboxylic acids is 1. The summed E-state index contributed by atoms with van der Waals surface area (Å²) in [7, 11) is 1.84. The van der Waals surface area contributed by atoms with Gasteiger partial charge in [-0.3, -0.25) is 9.69 Å². The summed E-state index contributed by atoms with van der Waals surface area (Å²) in [6.07, 6.45) is 7.04. The van der Waals surface area contributed by atoms with E-state index < -0.39 is 0 Å². The topological polar surface area (TPSA) is 47.6 Å². The number of nitrogens with one attached hydrogen (secondary N) is 2. The first kappa shape index (κ1) is 21.7. The molecule has 0 aromatic heterocycles. The van der Waals surface area contributed by atoms with E-state index in [1.165, 1.54) is 12.8 Å². The van der Waals surface area contributed by atoms with Crippen LogP contribution >= 0.6 is 11.6 Å². The summed E-state index contributed by atoms with van der Waals surface area (Å²) in [6.45, 7) is 10.4. The summed E-state index contributed by atoms with van der Waals surface area (Å²) in [5, 5.41) is 6.92. The van der Waals surface area contributed by atoms with Gasteiger partial charge in [0, 0.05) is 50.5 Å². The molecule has 2 fully saturated rings. The molecule has 2 aliphatic rings. The minimum Gasteiger partial charge on any atom is -0.394 e. The molecule has 2 aliphatic heterocycles. The van der Waals surface area contributed by atoms with Crippen LogP contribution in [0.5, 0.6) is 0 Å². The molecule has 150 valence electrons. The Morgan fingerprint density at radius 1 is 1.15 bits per heavy atom. The van der Waals surface area contributed by atoms with Crippen molar-refractivity contribution < 1.29 is 4.79 Å². The number of rotatable bonds is 5. The van der Waals surface area contributed by atoms with Crippen LogP contribution in [0.3, 0.4) is 0 Å². The Labute approximate surface area is 168 Å². The number of hydrogen-bond acceptors (Lipinski definition) is 5. The number of halogens is 1. The average molecular weight is 393 g/mol. The molecule has 6 heteroatoms. The van der Waals surface area contributed by atoms with E-state index in [0.717, 1.165) is 62.8 Å². The Morgan fingerprint density at radius 3 is 2.41 bits per heavy atom. The van der Waals surface area contributed by atoms with Crippen LogP contribution in [0.15, 0.2) is 18.3 Å². The van der Waals surface area contributed by atoms with E-state index in [9.17, 15) is 4.79 Å². The maximum atomic E-state index is 11.4. The highest BCUT2D eigenvalue weighted by Gasteiger charge is 2.25. The third-order valence-corrected chi connectivity index (χ3v) is 5.51. The zero-order valence-corrected chi connectivity index (χ0v) is 17.6. The Hall–Kier alpha value is -1.56. The lowest BCUT2D eigenvalue weighted by Gasteiger charge is -2.41. The second kappa shape index (κ2) is 11.3. The van der Waals surface area contributed by atoms with Gasteiger partial charge < -0.3 is 15.5 Å². The predicted molar refractivity (Wildman–Crippen MR) is 116 cm³/mol. The highest BCUT2D eigenvalue weighted by Crippen LogP contribution is 2.28. The highest BCUT2D eigenvalue weighted by molar-refractivity contribution is 6.33. The van der Waals surface area contributed by atoms with Gasteiger partial charge in [-0.25, -0.2) is 0 Å². The van der Waals surface area contributed by atoms with Gasteiger partial charge in [0.05, 0.1) is 5.02 Å². The molecule has 0 atom stereocenters. The lowest BCUT2D eigenvalue weighted by molar-refractivity contribution is 0.112. The number of benzene rings is 1. The van der Waals surface area contributed by atoms with Crippen molar-refractivity contribution in [2.75, 3.05) is 51.2 Å². The molecule has 0 radical (unpaired) electrons. The molecular formula is C21H33ClN4O. The first-order valence-corrected chi connectivity index (χ1v) is 10.4. The highest BCUT2D eigenvalue weighted by atomic mass is 35.5. The van der Waals surface area contributed by atoms with E-state index in [0.29, 0.717) is 10.6 Å². The number of piperidine rings is 1. The van der Waals surface area contributed by atoms with Crippen molar-refractivity contribution in [1.82, 2.24) is 15.5 Å². The average Bonchev–Trinajstić information content (AvgIpc) is 2.74. The van der Waals surface area contributed by atoms with Crippen molar-refractivity contribution in [3.8, 4) is 0 Å². The largest absolute Gasteiger partial charge is 0.394 e. The molecule has 0 unspecified atom stereocenters. The molecule has 2 heterocycles. The fourth-order valence-electron chi connectivity index (χ4n) is 3.76. The standard InChI is InChI=1S/C19H27ClN4O.C2H6/c1-21-5-2-15-12-17(13-19(20)18(15)14-25)24-10-8-23(9-11-24)16-3-6-22-7-4-16;1-2/h2,5,12-14,16,21-22H,3-4,6-11H2,1H3;1-2H3/b5-2-;. The van der Waals surface area contributed by atoms with Gasteiger partial charge in [-0.15, -0.1) is 0 Å². The van der Waals surface area contributed by atoms with Crippen LogP contribution in [0.2, 0.25) is 5.02 Å². The SMILES string of the molecule is CC.CN/C=C\c1cc(N2CCN(C3CCNCC3)CC2)cc(Cl)c1C=O. The lowest BCUT2D eigenvalue weighted by Crippen LogP contribution is -2.52. The molecule has 0 amide bonds. The molecule has 1 aromatic carbocycles. The third kappa shape index (κ3) is 5.71. The maximum Gasteiger partial charge on any atom is 0.152 e. The first-order valence-electron chi connectivity index (χ1n) is 10.0. The maximum absolute atomic E-state index is 11.4. The van der Waals surface area contributed by atoms with Gasteiger partial charge in [-0.2, -0.15) is 0 Å². The molecule has 0 saturated carbocycles. The molecule has 0 spiro atoms. The van der Waals surface area contributed by atoms with Gasteiger partial charge in [-0.05, 0) is 55.9 Å². The molecule has 2 saturated heterocycles. The third-order valence-electron chi connectivity index (χ3n) is 5.20. The van der Waals surface area contributed by atoms with Crippen LogP contribution in [0.25, 0.3) is 6.08 Å². The number of hydrogen-bond donors (Lipinski definition) is 2. The summed E-state index contributed by atoms with van der Waals surface area (Å²) in [5.41, 5.74) is 2.49. The zero-order chi connectivity index (χ0) is 19.6. The molecule has 0 aliphatic carbocycles. The quantitative estimate of drug-likeness (QED) is 0.753. The number of anilines is 1. The van der Waals surface area contributed by atoms with E-state index >= 15 is 0 Å². The molecule has 1 aromatic rings. The van der Waals surface area contributed by atoms with Gasteiger partial charge in [0.1, 0.15) is 0 Å². The molecular weight excluding hydrogens is 360 g/mol. The van der Waals surface area contributed by atoms with Gasteiger partial charge in [-0.1, -0.05) is 25.4 Å². The Kier molecular flexibility index (Phi) is 9.11. The minimum absolute atomic E-state index is 0.518. The minimum atomic E-state index is 0.518. The Bertz CT molecular complexity index is 621. The molecule has 3 rings (SSSR count). The predicted octanol–water partition coefficient (Wildman–Crippen LogP) is 3.24. The van der Waals surface area contributed by atoms with Gasteiger partial charge in [0.15, 0.2) is 6.29 Å². The van der Waals surface area contributed by atoms with Crippen molar-refractivity contribution >= 4 is 29.7 Å². The second-order valence-electron chi connectivity index (χ2n) is 6.67. The summed E-state index contributed by atoms with van der Waals surface area (Å²) < 4.78 is 0. The fraction of sp³-hybridized carbons (Fsp3) is 0.571. The smallest absolute Gasteiger partial charge is 0.152 e. The lowest BCUT2D eigenvalue weighted by atomic mass is 10.0. The number of nitrogens with zero attached hydrogens (tertiary/aromatic N) is 2. The number of aldehydes is 1. The Balaban J connectivity index is 0.00000126. The summed E-state index contributed by atoms with van der Waals surface area (Å²) in [4.78, 5) is 16.3. The van der Waals surface area contributed by atoms with Gasteiger partial charge in [0.2, 0.25) is 0 Å². The van der Waals surface area contributed by atoms with Crippen LogP contribution in [-0.2, 0) is 0 Å². The van der Waals surface area contributed by atoms with Crippen molar-refractivity contribution in [3.63, 3.8) is 0 Å². The molecule has 2 N–H and O–H groups in total. The summed E-state index contributed by atoms with van der Waals surface area (Å²) in [6, 6.07) is 4.70. The summed E-state index contributed by atoms with van der Waals surface area (Å²) in [5.74, 6) is 0. The number of carbonyl (C=O) groups is 1. The normalized spacial score (nSPS) is 18.9. The van der Waals surface area contributed by atoms with E-state index in [4.69, 9.17) is 11.6 Å². The fourth-order valence-corrected chi connectivity index (χ4v) is 4.02. The van der Waals surface area contributed by atoms with E-state index in [-0.39, 0.29) is 0 Å². The van der Waals surface area contributed by atoms with Gasteiger partial charge >= 0.3 is 0 Å². The van der Waals surface area contributed by atoms with E-state index in [1.54, 1.807) is 0 Å². The van der Waals surface area contributed by atoms with Crippen molar-refractivity contribution in [2.24, 2.45) is 0 Å². The van der Waals surface area contributed by atoms with Crippen molar-refractivity contribution in [2.45, 2.75) is 32.7 Å². The molecule has 0 bridgehead atoms. The second-order valence-corrected chi connectivity index (χ2v) is 7.08.